The number of anilines is 2. The van der Waals surface area contributed by atoms with Crippen LogP contribution in [0.2, 0.25) is 0 Å². The molecule has 2 aromatic rings. The van der Waals surface area contributed by atoms with Gasteiger partial charge in [0.15, 0.2) is 0 Å². The number of amides is 2. The zero-order valence-corrected chi connectivity index (χ0v) is 20.1. The summed E-state index contributed by atoms with van der Waals surface area (Å²) < 4.78 is 5.42. The molecule has 1 aliphatic heterocycles. The Balaban J connectivity index is 1.40. The molecule has 1 saturated heterocycles. The quantitative estimate of drug-likeness (QED) is 0.431. The average molecular weight is 466 g/mol. The van der Waals surface area contributed by atoms with Crippen molar-refractivity contribution in [3.05, 3.63) is 59.2 Å². The molecule has 4 rings (SSSR count). The van der Waals surface area contributed by atoms with Crippen molar-refractivity contribution in [2.75, 3.05) is 19.0 Å². The molecule has 1 heterocycles. The molecular formula is C26H35N5O3. The zero-order chi connectivity index (χ0) is 24.1. The predicted molar refractivity (Wildman–Crippen MR) is 133 cm³/mol. The highest BCUT2D eigenvalue weighted by molar-refractivity contribution is 6.01. The summed E-state index contributed by atoms with van der Waals surface area (Å²) in [5.74, 6) is -0.319. The topological polar surface area (TPSA) is 104 Å². The van der Waals surface area contributed by atoms with Gasteiger partial charge in [0.05, 0.1) is 23.4 Å². The highest BCUT2D eigenvalue weighted by Gasteiger charge is 2.35. The fourth-order valence-corrected chi connectivity index (χ4v) is 4.68. The van der Waals surface area contributed by atoms with E-state index in [0.29, 0.717) is 12.1 Å². The van der Waals surface area contributed by atoms with Gasteiger partial charge in [-0.1, -0.05) is 24.3 Å². The monoisotopic (exact) mass is 465 g/mol. The average Bonchev–Trinajstić information content (AvgIpc) is 3.31. The van der Waals surface area contributed by atoms with E-state index in [2.05, 4.69) is 46.7 Å². The Kier molecular flexibility index (Phi) is 7.82. The van der Waals surface area contributed by atoms with E-state index in [9.17, 15) is 9.59 Å². The van der Waals surface area contributed by atoms with Gasteiger partial charge in [-0.25, -0.2) is 5.43 Å². The van der Waals surface area contributed by atoms with Crippen molar-refractivity contribution < 1.29 is 14.3 Å². The van der Waals surface area contributed by atoms with Gasteiger partial charge in [-0.3, -0.25) is 15.0 Å². The van der Waals surface area contributed by atoms with Gasteiger partial charge in [-0.2, -0.15) is 0 Å². The number of para-hydroxylation sites is 1. The summed E-state index contributed by atoms with van der Waals surface area (Å²) in [4.78, 5) is 26.2. The third kappa shape index (κ3) is 5.58. The first kappa shape index (κ1) is 24.2. The summed E-state index contributed by atoms with van der Waals surface area (Å²) in [7, 11) is 1.74. The molecule has 34 heavy (non-hydrogen) atoms. The van der Waals surface area contributed by atoms with Gasteiger partial charge in [0, 0.05) is 25.4 Å². The van der Waals surface area contributed by atoms with Crippen molar-refractivity contribution >= 4 is 23.2 Å². The molecule has 2 atom stereocenters. The maximum absolute atomic E-state index is 13.2. The molecule has 8 heteroatoms. The van der Waals surface area contributed by atoms with Crippen molar-refractivity contribution in [1.82, 2.24) is 21.5 Å². The molecule has 0 spiro atoms. The van der Waals surface area contributed by atoms with Crippen LogP contribution in [0.3, 0.4) is 0 Å². The van der Waals surface area contributed by atoms with Crippen molar-refractivity contribution in [3.63, 3.8) is 0 Å². The van der Waals surface area contributed by atoms with E-state index >= 15 is 0 Å². The second kappa shape index (κ2) is 11.0. The van der Waals surface area contributed by atoms with Gasteiger partial charge in [0.2, 0.25) is 5.91 Å². The lowest BCUT2D eigenvalue weighted by Crippen LogP contribution is -2.55. The Morgan fingerprint density at radius 3 is 2.44 bits per heavy atom. The van der Waals surface area contributed by atoms with Crippen molar-refractivity contribution in [3.8, 4) is 0 Å². The lowest BCUT2D eigenvalue weighted by molar-refractivity contribution is -0.124. The number of hydrogen-bond donors (Lipinski definition) is 5. The first-order chi connectivity index (χ1) is 16.5. The second-order valence-corrected chi connectivity index (χ2v) is 9.22. The number of hydrazine groups is 1. The number of aryl methyl sites for hydroxylation is 1. The Morgan fingerprint density at radius 2 is 1.68 bits per heavy atom. The number of rotatable bonds is 7. The number of benzene rings is 2. The molecule has 1 aliphatic carbocycles. The van der Waals surface area contributed by atoms with Gasteiger partial charge in [-0.15, -0.1) is 0 Å². The third-order valence-corrected chi connectivity index (χ3v) is 6.98. The van der Waals surface area contributed by atoms with E-state index in [0.717, 1.165) is 42.6 Å². The van der Waals surface area contributed by atoms with Crippen LogP contribution in [0.5, 0.6) is 0 Å². The Labute approximate surface area is 201 Å². The van der Waals surface area contributed by atoms with Gasteiger partial charge in [0.1, 0.15) is 6.04 Å². The van der Waals surface area contributed by atoms with E-state index in [-0.39, 0.29) is 30.0 Å². The third-order valence-electron chi connectivity index (χ3n) is 6.98. The molecule has 182 valence electrons. The van der Waals surface area contributed by atoms with E-state index in [1.54, 1.807) is 13.2 Å². The number of carbonyl (C=O) groups is 2. The number of ether oxygens (including phenoxy) is 1. The van der Waals surface area contributed by atoms with E-state index in [4.69, 9.17) is 4.74 Å². The van der Waals surface area contributed by atoms with Crippen molar-refractivity contribution in [1.29, 1.82) is 0 Å². The van der Waals surface area contributed by atoms with Crippen LogP contribution in [0, 0.1) is 13.8 Å². The molecule has 0 bridgehead atoms. The predicted octanol–water partition coefficient (Wildman–Crippen LogP) is 2.70. The lowest BCUT2D eigenvalue weighted by Gasteiger charge is -2.29. The largest absolute Gasteiger partial charge is 0.381 e. The fourth-order valence-electron chi connectivity index (χ4n) is 4.68. The maximum Gasteiger partial charge on any atom is 0.253 e. The first-order valence-electron chi connectivity index (χ1n) is 12.0. The van der Waals surface area contributed by atoms with Gasteiger partial charge in [-0.05, 0) is 68.9 Å². The number of methoxy groups -OCH3 is 1. The van der Waals surface area contributed by atoms with Crippen LogP contribution in [-0.4, -0.2) is 49.7 Å². The second-order valence-electron chi connectivity index (χ2n) is 9.22. The smallest absolute Gasteiger partial charge is 0.253 e. The molecule has 1 saturated carbocycles. The van der Waals surface area contributed by atoms with Crippen LogP contribution in [0.15, 0.2) is 42.5 Å². The molecule has 0 radical (unpaired) electrons. The van der Waals surface area contributed by atoms with Gasteiger partial charge >= 0.3 is 0 Å². The summed E-state index contributed by atoms with van der Waals surface area (Å²) >= 11 is 0. The minimum Gasteiger partial charge on any atom is -0.381 e. The fraction of sp³-hybridized carbons (Fsp3) is 0.462. The van der Waals surface area contributed by atoms with E-state index in [1.807, 2.05) is 30.3 Å². The molecule has 2 unspecified atom stereocenters. The van der Waals surface area contributed by atoms with Crippen LogP contribution in [-0.2, 0) is 9.53 Å². The summed E-state index contributed by atoms with van der Waals surface area (Å²) in [6.07, 6.45) is 3.98. The summed E-state index contributed by atoms with van der Waals surface area (Å²) in [5.41, 5.74) is 10.6. The van der Waals surface area contributed by atoms with Crippen molar-refractivity contribution in [2.24, 2.45) is 0 Å². The Hall–Kier alpha value is -2.94. The van der Waals surface area contributed by atoms with Crippen LogP contribution < -0.4 is 26.8 Å². The molecule has 5 N–H and O–H groups in total. The molecule has 2 aliphatic rings. The molecule has 2 aromatic carbocycles. The van der Waals surface area contributed by atoms with Gasteiger partial charge < -0.3 is 20.7 Å². The maximum atomic E-state index is 13.2. The van der Waals surface area contributed by atoms with Crippen LogP contribution in [0.4, 0.5) is 11.4 Å². The first-order valence-corrected chi connectivity index (χ1v) is 12.0. The highest BCUT2D eigenvalue weighted by atomic mass is 16.5. The summed E-state index contributed by atoms with van der Waals surface area (Å²) in [5, 5.41) is 9.59. The minimum absolute atomic E-state index is 0.0991. The van der Waals surface area contributed by atoms with Crippen LogP contribution in [0.1, 0.15) is 47.2 Å². The molecule has 2 fully saturated rings. The SMILES string of the molecule is COC1CCC(NC(=O)C2NNCC2NC(=O)c2ccccc2Nc2cccc(C)c2C)CC1. The molecule has 2 amide bonds. The molecule has 0 aromatic heterocycles. The highest BCUT2D eigenvalue weighted by Crippen LogP contribution is 2.25. The van der Waals surface area contributed by atoms with E-state index < -0.39 is 6.04 Å². The lowest BCUT2D eigenvalue weighted by atomic mass is 9.92. The van der Waals surface area contributed by atoms with Crippen molar-refractivity contribution in [2.45, 2.75) is 63.8 Å². The summed E-state index contributed by atoms with van der Waals surface area (Å²) in [6.45, 7) is 4.58. The Morgan fingerprint density at radius 1 is 0.941 bits per heavy atom. The summed E-state index contributed by atoms with van der Waals surface area (Å²) in [6, 6.07) is 12.7. The number of carbonyl (C=O) groups excluding carboxylic acids is 2. The zero-order valence-electron chi connectivity index (χ0n) is 20.1. The number of nitrogens with one attached hydrogen (secondary N) is 5. The van der Waals surface area contributed by atoms with Gasteiger partial charge in [0.25, 0.3) is 5.91 Å². The standard InChI is InChI=1S/C26H35N5O3/c1-16-7-6-10-21(17(16)2)29-22-9-5-4-8-20(22)25(32)30-23-15-27-31-24(23)26(33)28-18-11-13-19(34-3)14-12-18/h4-10,18-19,23-24,27,29,31H,11-15H2,1-3H3,(H,28,33)(H,30,32). The normalized spacial score (nSPS) is 24.4. The minimum atomic E-state index is -0.539. The van der Waals surface area contributed by atoms with E-state index in [1.165, 1.54) is 5.56 Å². The molecular weight excluding hydrogens is 430 g/mol. The van der Waals surface area contributed by atoms with Crippen LogP contribution >= 0.6 is 0 Å². The Bertz CT molecular complexity index is 1020. The number of hydrogen-bond acceptors (Lipinski definition) is 6. The molecule has 8 nitrogen and oxygen atoms in total. The van der Waals surface area contributed by atoms with Crippen LogP contribution in [0.25, 0.3) is 0 Å².